The first-order chi connectivity index (χ1) is 7.02. The molecule has 0 radical (unpaired) electrons. The fourth-order valence-corrected chi connectivity index (χ4v) is 1.71. The van der Waals surface area contributed by atoms with Gasteiger partial charge < -0.3 is 4.57 Å². The van der Waals surface area contributed by atoms with Crippen LogP contribution in [0.5, 0.6) is 0 Å². The van der Waals surface area contributed by atoms with E-state index in [4.69, 9.17) is 11.6 Å². The van der Waals surface area contributed by atoms with Crippen molar-refractivity contribution in [1.29, 1.82) is 0 Å². The maximum atomic E-state index is 13.3. The third kappa shape index (κ3) is 1.33. The van der Waals surface area contributed by atoms with E-state index in [0.717, 1.165) is 6.20 Å². The molecule has 0 spiro atoms. The Balaban J connectivity index is 2.98. The van der Waals surface area contributed by atoms with E-state index in [1.54, 1.807) is 0 Å². The predicted molar refractivity (Wildman–Crippen MR) is 52.3 cm³/mol. The molecule has 0 fully saturated rings. The molecule has 2 aromatic heterocycles. The Kier molecular flexibility index (Phi) is 2.08. The fourth-order valence-electron chi connectivity index (χ4n) is 1.48. The molecule has 0 amide bonds. The van der Waals surface area contributed by atoms with Gasteiger partial charge in [0.15, 0.2) is 5.82 Å². The third-order valence-corrected chi connectivity index (χ3v) is 2.37. The lowest BCUT2D eigenvalue weighted by atomic mass is 10.3. The topological polar surface area (TPSA) is 61.0 Å². The second kappa shape index (κ2) is 3.16. The zero-order chi connectivity index (χ0) is 11.2. The Morgan fingerprint density at radius 1 is 1.67 bits per heavy atom. The molecule has 0 N–H and O–H groups in total. The van der Waals surface area contributed by atoms with Crippen LogP contribution in [0.4, 0.5) is 10.1 Å². The number of hydrogen-bond donors (Lipinski definition) is 0. The number of pyridine rings is 1. The SMILES string of the molecule is Cn1cc([N+](=O)[O-])c2c(Cl)ncc(F)c21. The fraction of sp³-hybridized carbons (Fsp3) is 0.125. The van der Waals surface area contributed by atoms with Crippen molar-refractivity contribution < 1.29 is 9.31 Å². The molecule has 0 saturated heterocycles. The molecule has 0 aromatic carbocycles. The van der Waals surface area contributed by atoms with Crippen molar-refractivity contribution in [3.63, 3.8) is 0 Å². The monoisotopic (exact) mass is 229 g/mol. The predicted octanol–water partition coefficient (Wildman–Crippen LogP) is 2.27. The highest BCUT2D eigenvalue weighted by molar-refractivity contribution is 6.35. The molecule has 0 saturated carbocycles. The smallest absolute Gasteiger partial charge is 0.297 e. The van der Waals surface area contributed by atoms with Gasteiger partial charge in [0.05, 0.1) is 22.8 Å². The Hall–Kier alpha value is -1.69. The van der Waals surface area contributed by atoms with E-state index in [2.05, 4.69) is 4.98 Å². The molecule has 0 bridgehead atoms. The summed E-state index contributed by atoms with van der Waals surface area (Å²) >= 11 is 5.70. The molecular formula is C8H5ClFN3O2. The van der Waals surface area contributed by atoms with Gasteiger partial charge in [0.25, 0.3) is 5.69 Å². The summed E-state index contributed by atoms with van der Waals surface area (Å²) in [7, 11) is 1.51. The van der Waals surface area contributed by atoms with E-state index in [9.17, 15) is 14.5 Å². The summed E-state index contributed by atoms with van der Waals surface area (Å²) < 4.78 is 14.7. The standard InChI is InChI=1S/C8H5ClFN3O2/c1-12-3-5(13(14)15)6-7(12)4(10)2-11-8(6)9/h2-3H,1H3. The van der Waals surface area contributed by atoms with Gasteiger partial charge in [0, 0.05) is 7.05 Å². The molecule has 2 rings (SSSR count). The van der Waals surface area contributed by atoms with Crippen LogP contribution in [0.25, 0.3) is 10.9 Å². The molecule has 78 valence electrons. The number of rotatable bonds is 1. The van der Waals surface area contributed by atoms with E-state index in [0.29, 0.717) is 0 Å². The van der Waals surface area contributed by atoms with Crippen LogP contribution in [0.15, 0.2) is 12.4 Å². The Labute approximate surface area is 88.2 Å². The number of nitro groups is 1. The average molecular weight is 230 g/mol. The molecular weight excluding hydrogens is 225 g/mol. The quantitative estimate of drug-likeness (QED) is 0.428. The van der Waals surface area contributed by atoms with Crippen molar-refractivity contribution in [3.8, 4) is 0 Å². The van der Waals surface area contributed by atoms with Gasteiger partial charge in [-0.3, -0.25) is 10.1 Å². The summed E-state index contributed by atoms with van der Waals surface area (Å²) in [4.78, 5) is 13.6. The Morgan fingerprint density at radius 2 is 2.33 bits per heavy atom. The first-order valence-corrected chi connectivity index (χ1v) is 4.33. The molecule has 15 heavy (non-hydrogen) atoms. The van der Waals surface area contributed by atoms with Gasteiger partial charge in [-0.25, -0.2) is 9.37 Å². The lowest BCUT2D eigenvalue weighted by Crippen LogP contribution is -1.90. The van der Waals surface area contributed by atoms with Crippen LogP contribution < -0.4 is 0 Å². The number of hydrogen-bond acceptors (Lipinski definition) is 3. The normalized spacial score (nSPS) is 10.9. The second-order valence-corrected chi connectivity index (χ2v) is 3.36. The zero-order valence-corrected chi connectivity index (χ0v) is 8.32. The van der Waals surface area contributed by atoms with Gasteiger partial charge >= 0.3 is 0 Å². The van der Waals surface area contributed by atoms with Crippen molar-refractivity contribution >= 4 is 28.2 Å². The summed E-state index contributed by atoms with van der Waals surface area (Å²) in [6.45, 7) is 0. The molecule has 2 heterocycles. The summed E-state index contributed by atoms with van der Waals surface area (Å²) in [6, 6.07) is 0. The molecule has 0 aliphatic rings. The lowest BCUT2D eigenvalue weighted by Gasteiger charge is -1.97. The molecule has 0 atom stereocenters. The minimum Gasteiger partial charge on any atom is -0.342 e. The summed E-state index contributed by atoms with van der Waals surface area (Å²) in [5, 5.41) is 10.6. The van der Waals surface area contributed by atoms with Gasteiger partial charge in [0.1, 0.15) is 10.5 Å². The van der Waals surface area contributed by atoms with Crippen LogP contribution in [0.2, 0.25) is 5.15 Å². The summed E-state index contributed by atoms with van der Waals surface area (Å²) in [5.74, 6) is -0.634. The van der Waals surface area contributed by atoms with Crippen LogP contribution >= 0.6 is 11.6 Å². The van der Waals surface area contributed by atoms with E-state index in [1.807, 2.05) is 0 Å². The number of halogens is 2. The highest BCUT2D eigenvalue weighted by atomic mass is 35.5. The second-order valence-electron chi connectivity index (χ2n) is 3.00. The Morgan fingerprint density at radius 3 is 2.93 bits per heavy atom. The lowest BCUT2D eigenvalue weighted by molar-refractivity contribution is -0.383. The van der Waals surface area contributed by atoms with Crippen molar-refractivity contribution in [2.24, 2.45) is 7.05 Å². The van der Waals surface area contributed by atoms with Crippen LogP contribution in [0, 0.1) is 15.9 Å². The first-order valence-electron chi connectivity index (χ1n) is 3.95. The molecule has 7 heteroatoms. The summed E-state index contributed by atoms with van der Waals surface area (Å²) in [6.07, 6.45) is 2.15. The maximum absolute atomic E-state index is 13.3. The maximum Gasteiger partial charge on any atom is 0.297 e. The highest BCUT2D eigenvalue weighted by Gasteiger charge is 2.22. The van der Waals surface area contributed by atoms with Crippen molar-refractivity contribution in [2.75, 3.05) is 0 Å². The molecule has 0 aliphatic heterocycles. The highest BCUT2D eigenvalue weighted by Crippen LogP contribution is 2.33. The molecule has 0 aliphatic carbocycles. The number of aromatic nitrogens is 2. The van der Waals surface area contributed by atoms with Gasteiger partial charge in [0.2, 0.25) is 0 Å². The van der Waals surface area contributed by atoms with Gasteiger partial charge in [-0.05, 0) is 0 Å². The van der Waals surface area contributed by atoms with Crippen LogP contribution in [0.1, 0.15) is 0 Å². The van der Waals surface area contributed by atoms with Crippen molar-refractivity contribution in [3.05, 3.63) is 33.5 Å². The van der Waals surface area contributed by atoms with Crippen molar-refractivity contribution in [2.45, 2.75) is 0 Å². The van der Waals surface area contributed by atoms with E-state index < -0.39 is 10.7 Å². The van der Waals surface area contributed by atoms with Gasteiger partial charge in [-0.1, -0.05) is 11.6 Å². The minimum atomic E-state index is -0.634. The van der Waals surface area contributed by atoms with Crippen molar-refractivity contribution in [1.82, 2.24) is 9.55 Å². The average Bonchev–Trinajstić information content (AvgIpc) is 2.51. The van der Waals surface area contributed by atoms with E-state index in [1.165, 1.54) is 17.8 Å². The number of fused-ring (bicyclic) bond motifs is 1. The molecule has 0 unspecified atom stereocenters. The molecule has 5 nitrogen and oxygen atoms in total. The first kappa shape index (κ1) is 9.85. The van der Waals surface area contributed by atoms with Gasteiger partial charge in [-0.15, -0.1) is 0 Å². The van der Waals surface area contributed by atoms with Gasteiger partial charge in [-0.2, -0.15) is 0 Å². The number of nitrogens with zero attached hydrogens (tertiary/aromatic N) is 3. The summed E-state index contributed by atoms with van der Waals surface area (Å²) in [5.41, 5.74) is -0.161. The zero-order valence-electron chi connectivity index (χ0n) is 7.57. The third-order valence-electron chi connectivity index (χ3n) is 2.08. The van der Waals surface area contributed by atoms with E-state index in [-0.39, 0.29) is 21.7 Å². The largest absolute Gasteiger partial charge is 0.342 e. The molecule has 2 aromatic rings. The minimum absolute atomic E-state index is 0.0316. The van der Waals surface area contributed by atoms with E-state index >= 15 is 0 Å². The van der Waals surface area contributed by atoms with Crippen LogP contribution in [0.3, 0.4) is 0 Å². The van der Waals surface area contributed by atoms with Crippen LogP contribution in [-0.4, -0.2) is 14.5 Å². The van der Waals surface area contributed by atoms with Crippen LogP contribution in [-0.2, 0) is 7.05 Å². The number of aryl methyl sites for hydroxylation is 1. The Bertz CT molecular complexity index is 567.